The molecule has 23 heavy (non-hydrogen) atoms. The number of hydrogen-bond donors (Lipinski definition) is 3. The Morgan fingerprint density at radius 1 is 1.26 bits per heavy atom. The van der Waals surface area contributed by atoms with Crippen LogP contribution < -0.4 is 10.6 Å². The van der Waals surface area contributed by atoms with Crippen LogP contribution in [0.3, 0.4) is 0 Å². The van der Waals surface area contributed by atoms with Gasteiger partial charge in [0.25, 0.3) is 0 Å². The second-order valence-electron chi connectivity index (χ2n) is 6.92. The summed E-state index contributed by atoms with van der Waals surface area (Å²) in [7, 11) is 4.16. The first kappa shape index (κ1) is 17.8. The number of benzene rings is 1. The number of aliphatic hydroxyl groups is 1. The van der Waals surface area contributed by atoms with E-state index in [-0.39, 0.29) is 24.1 Å². The average molecular weight is 319 g/mol. The second kappa shape index (κ2) is 8.31. The quantitative estimate of drug-likeness (QED) is 0.721. The number of nitrogens with zero attached hydrogens (tertiary/aromatic N) is 1. The Balaban J connectivity index is 1.88. The van der Waals surface area contributed by atoms with Gasteiger partial charge in [-0.25, -0.2) is 4.79 Å². The molecule has 2 amide bonds. The zero-order valence-corrected chi connectivity index (χ0v) is 14.2. The van der Waals surface area contributed by atoms with Crippen molar-refractivity contribution in [3.63, 3.8) is 0 Å². The molecule has 1 fully saturated rings. The van der Waals surface area contributed by atoms with E-state index < -0.39 is 0 Å². The van der Waals surface area contributed by atoms with Crippen molar-refractivity contribution in [2.45, 2.75) is 31.7 Å². The topological polar surface area (TPSA) is 64.6 Å². The summed E-state index contributed by atoms with van der Waals surface area (Å²) in [5.41, 5.74) is 1.09. The molecule has 0 spiro atoms. The van der Waals surface area contributed by atoms with Gasteiger partial charge in [0.2, 0.25) is 0 Å². The van der Waals surface area contributed by atoms with Crippen LogP contribution in [0.25, 0.3) is 0 Å². The largest absolute Gasteiger partial charge is 0.394 e. The lowest BCUT2D eigenvalue weighted by molar-refractivity contribution is 0.185. The van der Waals surface area contributed by atoms with Gasteiger partial charge in [-0.15, -0.1) is 0 Å². The zero-order chi connectivity index (χ0) is 16.7. The average Bonchev–Trinajstić information content (AvgIpc) is 2.99. The summed E-state index contributed by atoms with van der Waals surface area (Å²) in [4.78, 5) is 14.4. The maximum Gasteiger partial charge on any atom is 0.315 e. The molecule has 0 unspecified atom stereocenters. The van der Waals surface area contributed by atoms with Crippen LogP contribution in [-0.2, 0) is 0 Å². The predicted octanol–water partition coefficient (Wildman–Crippen LogP) is 2.14. The molecule has 3 N–H and O–H groups in total. The summed E-state index contributed by atoms with van der Waals surface area (Å²) >= 11 is 0. The minimum atomic E-state index is -0.371. The van der Waals surface area contributed by atoms with Gasteiger partial charge in [-0.05, 0) is 32.5 Å². The van der Waals surface area contributed by atoms with Crippen molar-refractivity contribution in [3.8, 4) is 0 Å². The lowest BCUT2D eigenvalue weighted by atomic mass is 9.85. The highest BCUT2D eigenvalue weighted by Crippen LogP contribution is 2.37. The molecule has 1 aliphatic carbocycles. The molecule has 2 rings (SSSR count). The third kappa shape index (κ3) is 5.22. The van der Waals surface area contributed by atoms with Gasteiger partial charge < -0.3 is 20.6 Å². The van der Waals surface area contributed by atoms with Crippen LogP contribution in [0, 0.1) is 5.41 Å². The summed E-state index contributed by atoms with van der Waals surface area (Å²) < 4.78 is 0. The van der Waals surface area contributed by atoms with Gasteiger partial charge in [0.1, 0.15) is 0 Å². The molecule has 0 heterocycles. The van der Waals surface area contributed by atoms with Crippen molar-refractivity contribution in [2.24, 2.45) is 5.41 Å². The van der Waals surface area contributed by atoms with Gasteiger partial charge in [0, 0.05) is 18.5 Å². The van der Waals surface area contributed by atoms with Gasteiger partial charge in [-0.1, -0.05) is 43.2 Å². The highest BCUT2D eigenvalue weighted by molar-refractivity contribution is 5.74. The Morgan fingerprint density at radius 3 is 2.48 bits per heavy atom. The number of nitrogens with one attached hydrogen (secondary N) is 2. The molecule has 1 atom stereocenters. The zero-order valence-electron chi connectivity index (χ0n) is 14.2. The Labute approximate surface area is 139 Å². The van der Waals surface area contributed by atoms with Crippen molar-refractivity contribution < 1.29 is 9.90 Å². The van der Waals surface area contributed by atoms with Crippen LogP contribution in [-0.4, -0.2) is 49.8 Å². The van der Waals surface area contributed by atoms with E-state index in [1.165, 1.54) is 12.8 Å². The molecule has 1 aromatic carbocycles. The molecule has 1 aromatic rings. The molecule has 0 radical (unpaired) electrons. The standard InChI is InChI=1S/C18H29N3O2/c1-21(2)14-18(10-6-7-11-18)13-19-17(23)20-16(12-22)15-8-4-3-5-9-15/h3-5,8-9,16,22H,6-7,10-14H2,1-2H3,(H2,19,20,23)/t16-/m1/s1. The van der Waals surface area contributed by atoms with E-state index in [1.807, 2.05) is 30.3 Å². The summed E-state index contributed by atoms with van der Waals surface area (Å²) in [5.74, 6) is 0. The van der Waals surface area contributed by atoms with Crippen LogP contribution in [0.15, 0.2) is 30.3 Å². The molecular weight excluding hydrogens is 290 g/mol. The van der Waals surface area contributed by atoms with Gasteiger partial charge in [0.05, 0.1) is 12.6 Å². The highest BCUT2D eigenvalue weighted by Gasteiger charge is 2.34. The summed E-state index contributed by atoms with van der Waals surface area (Å²) in [6.07, 6.45) is 4.79. The Kier molecular flexibility index (Phi) is 6.42. The van der Waals surface area contributed by atoms with Crippen molar-refractivity contribution in [2.75, 3.05) is 33.8 Å². The van der Waals surface area contributed by atoms with Crippen LogP contribution in [0.2, 0.25) is 0 Å². The molecule has 0 aliphatic heterocycles. The molecule has 5 nitrogen and oxygen atoms in total. The molecular formula is C18H29N3O2. The van der Waals surface area contributed by atoms with Crippen LogP contribution >= 0.6 is 0 Å². The fourth-order valence-corrected chi connectivity index (χ4v) is 3.58. The van der Waals surface area contributed by atoms with Crippen molar-refractivity contribution in [1.29, 1.82) is 0 Å². The predicted molar refractivity (Wildman–Crippen MR) is 92.3 cm³/mol. The summed E-state index contributed by atoms with van der Waals surface area (Å²) in [6, 6.07) is 8.97. The monoisotopic (exact) mass is 319 g/mol. The number of urea groups is 1. The van der Waals surface area contributed by atoms with E-state index in [1.54, 1.807) is 0 Å². The van der Waals surface area contributed by atoms with E-state index >= 15 is 0 Å². The highest BCUT2D eigenvalue weighted by atomic mass is 16.3. The van der Waals surface area contributed by atoms with E-state index in [9.17, 15) is 9.90 Å². The van der Waals surface area contributed by atoms with E-state index in [4.69, 9.17) is 0 Å². The number of aliphatic hydroxyl groups excluding tert-OH is 1. The lowest BCUT2D eigenvalue weighted by Gasteiger charge is -2.32. The third-order valence-corrected chi connectivity index (χ3v) is 4.63. The minimum Gasteiger partial charge on any atom is -0.394 e. The third-order valence-electron chi connectivity index (χ3n) is 4.63. The Hall–Kier alpha value is -1.59. The SMILES string of the molecule is CN(C)CC1(CNC(=O)N[C@H](CO)c2ccccc2)CCCC1. The molecule has 0 saturated heterocycles. The Morgan fingerprint density at radius 2 is 1.91 bits per heavy atom. The first-order valence-electron chi connectivity index (χ1n) is 8.40. The number of hydrogen-bond acceptors (Lipinski definition) is 3. The number of amides is 2. The van der Waals surface area contributed by atoms with E-state index in [0.29, 0.717) is 6.54 Å². The van der Waals surface area contributed by atoms with Gasteiger partial charge in [0.15, 0.2) is 0 Å². The fraction of sp³-hybridized carbons (Fsp3) is 0.611. The number of carbonyl (C=O) groups excluding carboxylic acids is 1. The molecule has 1 aliphatic rings. The summed E-state index contributed by atoms with van der Waals surface area (Å²) in [5, 5.41) is 15.4. The fourth-order valence-electron chi connectivity index (χ4n) is 3.58. The van der Waals surface area contributed by atoms with Crippen LogP contribution in [0.4, 0.5) is 4.79 Å². The first-order valence-corrected chi connectivity index (χ1v) is 8.40. The maximum atomic E-state index is 12.2. The van der Waals surface area contributed by atoms with E-state index in [0.717, 1.165) is 24.9 Å². The summed E-state index contributed by atoms with van der Waals surface area (Å²) in [6.45, 7) is 1.57. The first-order chi connectivity index (χ1) is 11.0. The Bertz CT molecular complexity index is 484. The molecule has 5 heteroatoms. The lowest BCUT2D eigenvalue weighted by Crippen LogP contribution is -2.46. The molecule has 0 aromatic heterocycles. The number of rotatable bonds is 7. The van der Waals surface area contributed by atoms with Gasteiger partial charge in [-0.3, -0.25) is 0 Å². The van der Waals surface area contributed by atoms with Crippen LogP contribution in [0.5, 0.6) is 0 Å². The van der Waals surface area contributed by atoms with Gasteiger partial charge >= 0.3 is 6.03 Å². The van der Waals surface area contributed by atoms with Crippen LogP contribution in [0.1, 0.15) is 37.3 Å². The van der Waals surface area contributed by atoms with Crippen molar-refractivity contribution in [3.05, 3.63) is 35.9 Å². The smallest absolute Gasteiger partial charge is 0.315 e. The molecule has 0 bridgehead atoms. The molecule has 1 saturated carbocycles. The maximum absolute atomic E-state index is 12.2. The molecule has 128 valence electrons. The van der Waals surface area contributed by atoms with E-state index in [2.05, 4.69) is 29.6 Å². The second-order valence-corrected chi connectivity index (χ2v) is 6.92. The number of carbonyl (C=O) groups is 1. The van der Waals surface area contributed by atoms with Crippen molar-refractivity contribution >= 4 is 6.03 Å². The van der Waals surface area contributed by atoms with Gasteiger partial charge in [-0.2, -0.15) is 0 Å². The minimum absolute atomic E-state index is 0.111. The van der Waals surface area contributed by atoms with Crippen molar-refractivity contribution in [1.82, 2.24) is 15.5 Å². The normalized spacial score (nSPS) is 17.9.